The molecule has 0 radical (unpaired) electrons. The molecule has 1 atom stereocenters. The van der Waals surface area contributed by atoms with E-state index in [-0.39, 0.29) is 6.04 Å². The van der Waals surface area contributed by atoms with Crippen LogP contribution < -0.4 is 10.0 Å². The third-order valence-electron chi connectivity index (χ3n) is 2.94. The monoisotopic (exact) mass is 292 g/mol. The lowest BCUT2D eigenvalue weighted by Crippen LogP contribution is -2.28. The first kappa shape index (κ1) is 16.2. The Hall–Kier alpha value is -0.880. The summed E-state index contributed by atoms with van der Waals surface area (Å²) in [4.78, 5) is 0. The van der Waals surface area contributed by atoms with Crippen LogP contribution in [0.5, 0.6) is 0 Å². The van der Waals surface area contributed by atoms with E-state index in [2.05, 4.69) is 36.7 Å². The summed E-state index contributed by atoms with van der Waals surface area (Å²) >= 11 is 3.93. The maximum absolute atomic E-state index is 12.4. The highest BCUT2D eigenvalue weighted by molar-refractivity contribution is 7.78. The average molecular weight is 292 g/mol. The van der Waals surface area contributed by atoms with Gasteiger partial charge in [0, 0.05) is 18.3 Å². The molecule has 1 aromatic carbocycles. The second kappa shape index (κ2) is 7.05. The molecule has 0 amide bonds. The predicted molar refractivity (Wildman–Crippen MR) is 75.3 cm³/mol. The number of anilines is 1. The summed E-state index contributed by atoms with van der Waals surface area (Å²) in [6.07, 6.45) is -3.44. The summed E-state index contributed by atoms with van der Waals surface area (Å²) in [7, 11) is 0. The smallest absolute Gasteiger partial charge is 0.382 e. The molecule has 0 bridgehead atoms. The van der Waals surface area contributed by atoms with Gasteiger partial charge in [-0.15, -0.1) is 0 Å². The molecule has 0 heterocycles. The first-order chi connectivity index (χ1) is 8.84. The van der Waals surface area contributed by atoms with Gasteiger partial charge in [-0.1, -0.05) is 26.7 Å². The van der Waals surface area contributed by atoms with Gasteiger partial charge < -0.3 is 5.32 Å². The Morgan fingerprint density at radius 2 is 1.74 bits per heavy atom. The first-order valence-electron chi connectivity index (χ1n) is 6.15. The van der Waals surface area contributed by atoms with Crippen molar-refractivity contribution in [2.75, 3.05) is 11.9 Å². The summed E-state index contributed by atoms with van der Waals surface area (Å²) in [5, 5.41) is 3.25. The molecule has 0 saturated heterocycles. The van der Waals surface area contributed by atoms with E-state index in [0.29, 0.717) is 11.6 Å². The summed E-state index contributed by atoms with van der Waals surface area (Å²) in [6.45, 7) is 4.88. The molecule has 0 aromatic heterocycles. The highest BCUT2D eigenvalue weighted by atomic mass is 32.1. The molecule has 0 fully saturated rings. The normalized spacial score (nSPS) is 13.6. The third-order valence-corrected chi connectivity index (χ3v) is 3.16. The summed E-state index contributed by atoms with van der Waals surface area (Å²) in [5.74, 6) is 0.379. The Labute approximate surface area is 117 Å². The number of halogens is 3. The topological polar surface area (TPSA) is 24.1 Å². The van der Waals surface area contributed by atoms with Crippen molar-refractivity contribution in [2.24, 2.45) is 5.92 Å². The number of hydrogen-bond donors (Lipinski definition) is 3. The number of alkyl halides is 3. The fourth-order valence-corrected chi connectivity index (χ4v) is 1.89. The van der Waals surface area contributed by atoms with Crippen LogP contribution in [0.1, 0.15) is 25.8 Å². The molecular formula is C13H19F3N2S. The lowest BCUT2D eigenvalue weighted by Gasteiger charge is -2.23. The van der Waals surface area contributed by atoms with Gasteiger partial charge in [0.25, 0.3) is 0 Å². The summed E-state index contributed by atoms with van der Waals surface area (Å²) in [5.41, 5.74) is 0.0713. The van der Waals surface area contributed by atoms with Gasteiger partial charge in [-0.3, -0.25) is 4.72 Å². The maximum atomic E-state index is 12.4. The number of thiol groups is 1. The molecule has 6 heteroatoms. The van der Waals surface area contributed by atoms with Gasteiger partial charge in [-0.05, 0) is 36.6 Å². The zero-order chi connectivity index (χ0) is 14.5. The van der Waals surface area contributed by atoms with Crippen LogP contribution in [0.3, 0.4) is 0 Å². The Morgan fingerprint density at radius 3 is 2.16 bits per heavy atom. The van der Waals surface area contributed by atoms with E-state index in [1.807, 2.05) is 0 Å². The van der Waals surface area contributed by atoms with Gasteiger partial charge in [0.15, 0.2) is 0 Å². The molecule has 0 saturated carbocycles. The van der Waals surface area contributed by atoms with Crippen molar-refractivity contribution < 1.29 is 13.2 Å². The Morgan fingerprint density at radius 1 is 1.16 bits per heavy atom. The van der Waals surface area contributed by atoms with Crippen LogP contribution in [-0.4, -0.2) is 12.6 Å². The molecule has 0 aliphatic carbocycles. The Balaban J connectivity index is 2.69. The van der Waals surface area contributed by atoms with Gasteiger partial charge in [0.1, 0.15) is 0 Å². The van der Waals surface area contributed by atoms with Crippen molar-refractivity contribution in [2.45, 2.75) is 32.5 Å². The van der Waals surface area contributed by atoms with Crippen LogP contribution in [-0.2, 0) is 6.18 Å². The fourth-order valence-electron chi connectivity index (χ4n) is 1.76. The molecule has 0 spiro atoms. The first-order valence-corrected chi connectivity index (χ1v) is 6.60. The molecule has 2 N–H and O–H groups in total. The largest absolute Gasteiger partial charge is 0.416 e. The molecule has 108 valence electrons. The van der Waals surface area contributed by atoms with Crippen molar-refractivity contribution in [1.82, 2.24) is 4.72 Å². The highest BCUT2D eigenvalue weighted by Crippen LogP contribution is 2.30. The van der Waals surface area contributed by atoms with Crippen molar-refractivity contribution in [1.29, 1.82) is 0 Å². The van der Waals surface area contributed by atoms with E-state index in [1.165, 1.54) is 12.1 Å². The molecule has 0 aliphatic rings. The van der Waals surface area contributed by atoms with E-state index in [9.17, 15) is 13.2 Å². The second-order valence-electron chi connectivity index (χ2n) is 4.77. The quantitative estimate of drug-likeness (QED) is 0.691. The molecule has 19 heavy (non-hydrogen) atoms. The Kier molecular flexibility index (Phi) is 6.00. The number of nitrogens with one attached hydrogen (secondary N) is 2. The maximum Gasteiger partial charge on any atom is 0.416 e. The van der Waals surface area contributed by atoms with Gasteiger partial charge in [0.2, 0.25) is 0 Å². The number of rotatable bonds is 6. The molecule has 1 rings (SSSR count). The second-order valence-corrected chi connectivity index (χ2v) is 5.08. The van der Waals surface area contributed by atoms with Crippen LogP contribution in [0.2, 0.25) is 0 Å². The van der Waals surface area contributed by atoms with E-state index >= 15 is 0 Å². The zero-order valence-corrected chi connectivity index (χ0v) is 11.9. The van der Waals surface area contributed by atoms with E-state index in [0.717, 1.165) is 25.1 Å². The molecule has 0 unspecified atom stereocenters. The van der Waals surface area contributed by atoms with Crippen molar-refractivity contribution in [3.05, 3.63) is 29.8 Å². The predicted octanol–water partition coefficient (Wildman–Crippen LogP) is 3.97. The van der Waals surface area contributed by atoms with Gasteiger partial charge in [-0.2, -0.15) is 13.2 Å². The Bertz CT molecular complexity index is 376. The minimum Gasteiger partial charge on any atom is -0.382 e. The SMILES string of the molecule is CC(C)[C@H](CCNS)Nc1ccc(C(F)(F)F)cc1. The van der Waals surface area contributed by atoms with E-state index in [4.69, 9.17) is 0 Å². The van der Waals surface area contributed by atoms with Crippen LogP contribution in [0.15, 0.2) is 24.3 Å². The summed E-state index contributed by atoms with van der Waals surface area (Å²) in [6, 6.07) is 5.31. The molecule has 0 aliphatic heterocycles. The lowest BCUT2D eigenvalue weighted by atomic mass is 10.0. The van der Waals surface area contributed by atoms with E-state index in [1.54, 1.807) is 0 Å². The minimum absolute atomic E-state index is 0.191. The van der Waals surface area contributed by atoms with Crippen LogP contribution in [0.4, 0.5) is 18.9 Å². The lowest BCUT2D eigenvalue weighted by molar-refractivity contribution is -0.137. The third kappa shape index (κ3) is 5.32. The van der Waals surface area contributed by atoms with Crippen LogP contribution >= 0.6 is 12.8 Å². The highest BCUT2D eigenvalue weighted by Gasteiger charge is 2.30. The number of benzene rings is 1. The molecular weight excluding hydrogens is 273 g/mol. The zero-order valence-electron chi connectivity index (χ0n) is 11.0. The van der Waals surface area contributed by atoms with Gasteiger partial charge in [-0.25, -0.2) is 0 Å². The fraction of sp³-hybridized carbons (Fsp3) is 0.538. The summed E-state index contributed by atoms with van der Waals surface area (Å²) < 4.78 is 40.1. The van der Waals surface area contributed by atoms with Crippen molar-refractivity contribution in [3.63, 3.8) is 0 Å². The van der Waals surface area contributed by atoms with Crippen LogP contribution in [0.25, 0.3) is 0 Å². The minimum atomic E-state index is -4.29. The van der Waals surface area contributed by atoms with Gasteiger partial charge in [0.05, 0.1) is 5.56 Å². The standard InChI is InChI=1S/C13H19F3N2S/c1-9(2)12(7-8-17-19)18-11-5-3-10(4-6-11)13(14,15)16/h3-6,9,12,17-19H,7-8H2,1-2H3/t12-/m0/s1. The number of hydrogen-bond acceptors (Lipinski definition) is 3. The molecule has 2 nitrogen and oxygen atoms in total. The average Bonchev–Trinajstić information content (AvgIpc) is 2.33. The van der Waals surface area contributed by atoms with E-state index < -0.39 is 11.7 Å². The molecule has 1 aromatic rings. The van der Waals surface area contributed by atoms with Gasteiger partial charge >= 0.3 is 6.18 Å². The van der Waals surface area contributed by atoms with Crippen molar-refractivity contribution in [3.8, 4) is 0 Å². The van der Waals surface area contributed by atoms with Crippen molar-refractivity contribution >= 4 is 18.5 Å². The van der Waals surface area contributed by atoms with Crippen LogP contribution in [0, 0.1) is 5.92 Å².